The van der Waals surface area contributed by atoms with Gasteiger partial charge in [-0.05, 0) is 12.5 Å². The van der Waals surface area contributed by atoms with Crippen LogP contribution in [0.4, 0.5) is 0 Å². The van der Waals surface area contributed by atoms with E-state index in [4.69, 9.17) is 4.74 Å². The van der Waals surface area contributed by atoms with Gasteiger partial charge in [0.25, 0.3) is 0 Å². The van der Waals surface area contributed by atoms with E-state index in [2.05, 4.69) is 11.9 Å². The van der Waals surface area contributed by atoms with Gasteiger partial charge in [0, 0.05) is 5.70 Å². The van der Waals surface area contributed by atoms with Crippen LogP contribution in [0, 0.1) is 0 Å². The molecule has 0 saturated heterocycles. The van der Waals surface area contributed by atoms with Gasteiger partial charge in [-0.15, -0.1) is 0 Å². The number of benzene rings is 1. The van der Waals surface area contributed by atoms with Gasteiger partial charge in [0.15, 0.2) is 0 Å². The van der Waals surface area contributed by atoms with Crippen LogP contribution in [0.5, 0.6) is 0 Å². The van der Waals surface area contributed by atoms with Crippen molar-refractivity contribution >= 4 is 5.97 Å². The molecule has 0 heterocycles. The highest BCUT2D eigenvalue weighted by atomic mass is 16.5. The molecule has 0 aliphatic carbocycles. The summed E-state index contributed by atoms with van der Waals surface area (Å²) in [5, 5.41) is 2.81. The summed E-state index contributed by atoms with van der Waals surface area (Å²) < 4.78 is 5.04. The lowest BCUT2D eigenvalue weighted by Crippen LogP contribution is -2.22. The molecule has 0 aliphatic heterocycles. The van der Waals surface area contributed by atoms with E-state index in [0.717, 1.165) is 11.3 Å². The fourth-order valence-electron chi connectivity index (χ4n) is 1.01. The van der Waals surface area contributed by atoms with Gasteiger partial charge in [-0.3, -0.25) is 4.79 Å². The van der Waals surface area contributed by atoms with Gasteiger partial charge < -0.3 is 10.1 Å². The molecule has 15 heavy (non-hydrogen) atoms. The molecule has 3 heteroatoms. The second kappa shape index (κ2) is 5.86. The molecule has 1 rings (SSSR count). The van der Waals surface area contributed by atoms with Gasteiger partial charge in [0.1, 0.15) is 13.2 Å². The molecule has 0 bridgehead atoms. The van der Waals surface area contributed by atoms with Crippen molar-refractivity contribution in [2.45, 2.75) is 13.5 Å². The van der Waals surface area contributed by atoms with Crippen molar-refractivity contribution in [2.24, 2.45) is 0 Å². The maximum absolute atomic E-state index is 11.2. The third-order valence-electron chi connectivity index (χ3n) is 1.78. The first-order chi connectivity index (χ1) is 7.18. The lowest BCUT2D eigenvalue weighted by molar-refractivity contribution is -0.143. The summed E-state index contributed by atoms with van der Waals surface area (Å²) >= 11 is 0. The number of hydrogen-bond donors (Lipinski definition) is 1. The third kappa shape index (κ3) is 4.86. The van der Waals surface area contributed by atoms with Crippen LogP contribution in [-0.4, -0.2) is 12.5 Å². The SMILES string of the molecule is C=C(C)NCC(=O)OCc1ccccc1. The van der Waals surface area contributed by atoms with E-state index in [1.54, 1.807) is 6.92 Å². The highest BCUT2D eigenvalue weighted by molar-refractivity contribution is 5.71. The van der Waals surface area contributed by atoms with Gasteiger partial charge in [0.2, 0.25) is 0 Å². The van der Waals surface area contributed by atoms with Crippen LogP contribution in [0.2, 0.25) is 0 Å². The zero-order valence-corrected chi connectivity index (χ0v) is 8.82. The number of nitrogens with one attached hydrogen (secondary N) is 1. The van der Waals surface area contributed by atoms with Crippen molar-refractivity contribution in [3.63, 3.8) is 0 Å². The van der Waals surface area contributed by atoms with Gasteiger partial charge in [0.05, 0.1) is 0 Å². The molecule has 0 aliphatic rings. The van der Waals surface area contributed by atoms with Crippen LogP contribution in [0.3, 0.4) is 0 Å². The maximum Gasteiger partial charge on any atom is 0.325 e. The number of ether oxygens (including phenoxy) is 1. The standard InChI is InChI=1S/C12H15NO2/c1-10(2)13-8-12(14)15-9-11-6-4-3-5-7-11/h3-7,13H,1,8-9H2,2H3. The minimum absolute atomic E-state index is 0.169. The lowest BCUT2D eigenvalue weighted by atomic mass is 10.2. The molecule has 0 fully saturated rings. The predicted octanol–water partition coefficient (Wildman–Crippen LogP) is 1.85. The first-order valence-electron chi connectivity index (χ1n) is 4.77. The predicted molar refractivity (Wildman–Crippen MR) is 59.1 cm³/mol. The van der Waals surface area contributed by atoms with E-state index < -0.39 is 0 Å². The molecule has 0 atom stereocenters. The summed E-state index contributed by atoms with van der Waals surface area (Å²) in [6.07, 6.45) is 0. The summed E-state index contributed by atoms with van der Waals surface area (Å²) in [7, 11) is 0. The van der Waals surface area contributed by atoms with Gasteiger partial charge in [-0.25, -0.2) is 0 Å². The molecule has 0 amide bonds. The number of esters is 1. The van der Waals surface area contributed by atoms with Gasteiger partial charge in [-0.2, -0.15) is 0 Å². The van der Waals surface area contributed by atoms with Crippen molar-refractivity contribution in [2.75, 3.05) is 6.54 Å². The van der Waals surface area contributed by atoms with Crippen molar-refractivity contribution in [3.05, 3.63) is 48.2 Å². The van der Waals surface area contributed by atoms with Crippen molar-refractivity contribution < 1.29 is 9.53 Å². The first-order valence-corrected chi connectivity index (χ1v) is 4.77. The zero-order valence-electron chi connectivity index (χ0n) is 8.82. The lowest BCUT2D eigenvalue weighted by Gasteiger charge is -2.06. The van der Waals surface area contributed by atoms with Gasteiger partial charge >= 0.3 is 5.97 Å². The molecule has 0 aromatic heterocycles. The maximum atomic E-state index is 11.2. The van der Waals surface area contributed by atoms with Crippen molar-refractivity contribution in [3.8, 4) is 0 Å². The molecule has 0 spiro atoms. The second-order valence-electron chi connectivity index (χ2n) is 3.28. The second-order valence-corrected chi connectivity index (χ2v) is 3.28. The van der Waals surface area contributed by atoms with Crippen molar-refractivity contribution in [1.29, 1.82) is 0 Å². The smallest absolute Gasteiger partial charge is 0.325 e. The molecule has 3 nitrogen and oxygen atoms in total. The Kier molecular flexibility index (Phi) is 4.41. The summed E-state index contributed by atoms with van der Waals surface area (Å²) in [5.74, 6) is -0.276. The molecule has 1 N–H and O–H groups in total. The van der Waals surface area contributed by atoms with E-state index in [1.165, 1.54) is 0 Å². The Morgan fingerprint density at radius 2 is 2.07 bits per heavy atom. The highest BCUT2D eigenvalue weighted by Crippen LogP contribution is 2.00. The Bertz CT molecular complexity index is 333. The monoisotopic (exact) mass is 205 g/mol. The number of allylic oxidation sites excluding steroid dienone is 1. The van der Waals surface area contributed by atoms with Crippen LogP contribution in [-0.2, 0) is 16.1 Å². The van der Waals surface area contributed by atoms with Crippen LogP contribution >= 0.6 is 0 Å². The summed E-state index contributed by atoms with van der Waals surface area (Å²) in [6, 6.07) is 9.58. The molecule has 0 radical (unpaired) electrons. The average Bonchev–Trinajstić information content (AvgIpc) is 2.25. The quantitative estimate of drug-likeness (QED) is 0.745. The first kappa shape index (κ1) is 11.3. The molecular formula is C12H15NO2. The third-order valence-corrected chi connectivity index (χ3v) is 1.78. The van der Waals surface area contributed by atoms with E-state index >= 15 is 0 Å². The van der Waals surface area contributed by atoms with Gasteiger partial charge in [-0.1, -0.05) is 36.9 Å². The molecule has 80 valence electrons. The summed E-state index contributed by atoms with van der Waals surface area (Å²) in [4.78, 5) is 11.2. The molecule has 0 saturated carbocycles. The Morgan fingerprint density at radius 3 is 2.67 bits per heavy atom. The Hall–Kier alpha value is -1.77. The Morgan fingerprint density at radius 1 is 1.40 bits per heavy atom. The van der Waals surface area contributed by atoms with E-state index in [9.17, 15) is 4.79 Å². The largest absolute Gasteiger partial charge is 0.460 e. The summed E-state index contributed by atoms with van der Waals surface area (Å²) in [6.45, 7) is 5.91. The van der Waals surface area contributed by atoms with E-state index in [1.807, 2.05) is 30.3 Å². The van der Waals surface area contributed by atoms with Crippen LogP contribution in [0.1, 0.15) is 12.5 Å². The topological polar surface area (TPSA) is 38.3 Å². The summed E-state index contributed by atoms with van der Waals surface area (Å²) in [5.41, 5.74) is 1.74. The molecule has 1 aromatic rings. The number of carbonyl (C=O) groups excluding carboxylic acids is 1. The highest BCUT2D eigenvalue weighted by Gasteiger charge is 2.01. The fourth-order valence-corrected chi connectivity index (χ4v) is 1.01. The number of carbonyl (C=O) groups is 1. The average molecular weight is 205 g/mol. The normalized spacial score (nSPS) is 9.40. The number of rotatable bonds is 5. The molecule has 1 aromatic carbocycles. The fraction of sp³-hybridized carbons (Fsp3) is 0.250. The number of hydrogen-bond acceptors (Lipinski definition) is 3. The van der Waals surface area contributed by atoms with Crippen LogP contribution in [0.15, 0.2) is 42.6 Å². The molecular weight excluding hydrogens is 190 g/mol. The Labute approximate surface area is 89.8 Å². The zero-order chi connectivity index (χ0) is 11.1. The Balaban J connectivity index is 2.26. The van der Waals surface area contributed by atoms with Crippen LogP contribution in [0.25, 0.3) is 0 Å². The minimum Gasteiger partial charge on any atom is -0.460 e. The van der Waals surface area contributed by atoms with E-state index in [-0.39, 0.29) is 12.5 Å². The van der Waals surface area contributed by atoms with Crippen LogP contribution < -0.4 is 5.32 Å². The van der Waals surface area contributed by atoms with Crippen molar-refractivity contribution in [1.82, 2.24) is 5.32 Å². The minimum atomic E-state index is -0.276. The van der Waals surface area contributed by atoms with E-state index in [0.29, 0.717) is 6.61 Å². The molecule has 0 unspecified atom stereocenters.